The van der Waals surface area contributed by atoms with E-state index in [0.29, 0.717) is 16.8 Å². The van der Waals surface area contributed by atoms with Crippen LogP contribution in [0.5, 0.6) is 0 Å². The van der Waals surface area contributed by atoms with Crippen molar-refractivity contribution in [3.05, 3.63) is 54.7 Å². The fraction of sp³-hybridized carbons (Fsp3) is 0. The Morgan fingerprint density at radius 3 is 2.62 bits per heavy atom. The van der Waals surface area contributed by atoms with E-state index in [1.807, 2.05) is 18.2 Å². The minimum atomic E-state index is -1.51. The zero-order valence-electron chi connectivity index (χ0n) is 11.1. The van der Waals surface area contributed by atoms with Gasteiger partial charge in [-0.15, -0.1) is 5.10 Å². The zero-order valence-corrected chi connectivity index (χ0v) is 11.1. The fourth-order valence-corrected chi connectivity index (χ4v) is 2.05. The number of hydrogen-bond acceptors (Lipinski definition) is 5. The molecule has 6 nitrogen and oxygen atoms in total. The lowest BCUT2D eigenvalue weighted by Gasteiger charge is -2.02. The second-order valence-corrected chi connectivity index (χ2v) is 4.64. The highest BCUT2D eigenvalue weighted by Crippen LogP contribution is 2.17. The van der Waals surface area contributed by atoms with Gasteiger partial charge in [0, 0.05) is 11.3 Å². The third-order valence-electron chi connectivity index (χ3n) is 3.11. The number of nitrogens with two attached hydrogens (primary N) is 1. The van der Waals surface area contributed by atoms with Gasteiger partial charge in [-0.3, -0.25) is 0 Å². The molecular weight excluding hydrogens is 267 g/mol. The van der Waals surface area contributed by atoms with Gasteiger partial charge in [0.05, 0.1) is 11.9 Å². The van der Waals surface area contributed by atoms with Gasteiger partial charge >= 0.3 is 7.12 Å². The number of benzene rings is 2. The first kappa shape index (κ1) is 13.4. The van der Waals surface area contributed by atoms with Crippen LogP contribution in [0.1, 0.15) is 0 Å². The molecule has 0 fully saturated rings. The average Bonchev–Trinajstić information content (AvgIpc) is 2.97. The van der Waals surface area contributed by atoms with Crippen molar-refractivity contribution in [3.63, 3.8) is 0 Å². The predicted molar refractivity (Wildman–Crippen MR) is 81.0 cm³/mol. The van der Waals surface area contributed by atoms with Gasteiger partial charge in [-0.2, -0.15) is 0 Å². The number of nitrogen functional groups attached to an aromatic ring is 1. The average molecular weight is 280 g/mol. The van der Waals surface area contributed by atoms with E-state index in [0.717, 1.165) is 11.3 Å². The topological polar surface area (TPSA) is 97.2 Å². The summed E-state index contributed by atoms with van der Waals surface area (Å²) in [5.41, 5.74) is 9.02. The van der Waals surface area contributed by atoms with E-state index in [1.54, 1.807) is 41.2 Å². The van der Waals surface area contributed by atoms with Gasteiger partial charge in [0.2, 0.25) is 0 Å². The lowest BCUT2D eigenvalue weighted by molar-refractivity contribution is 0.426. The highest BCUT2D eigenvalue weighted by molar-refractivity contribution is 6.58. The third-order valence-corrected chi connectivity index (χ3v) is 3.11. The first-order valence-electron chi connectivity index (χ1n) is 6.38. The molecule has 0 unspecified atom stereocenters. The van der Waals surface area contributed by atoms with Crippen LogP contribution in [0.2, 0.25) is 0 Å². The maximum absolute atomic E-state index is 9.21. The summed E-state index contributed by atoms with van der Waals surface area (Å²) in [6.45, 7) is 0. The van der Waals surface area contributed by atoms with Crippen molar-refractivity contribution in [3.8, 4) is 16.9 Å². The van der Waals surface area contributed by atoms with E-state index in [9.17, 15) is 10.0 Å². The second-order valence-electron chi connectivity index (χ2n) is 4.64. The first-order chi connectivity index (χ1) is 10.1. The van der Waals surface area contributed by atoms with Gasteiger partial charge in [0.15, 0.2) is 0 Å². The van der Waals surface area contributed by atoms with Gasteiger partial charge in [0.25, 0.3) is 0 Å². The van der Waals surface area contributed by atoms with Crippen LogP contribution in [-0.2, 0) is 0 Å². The molecule has 0 aliphatic heterocycles. The molecule has 104 valence electrons. The van der Waals surface area contributed by atoms with Crippen LogP contribution >= 0.6 is 0 Å². The summed E-state index contributed by atoms with van der Waals surface area (Å²) >= 11 is 0. The number of hydrogen-bond donors (Lipinski definition) is 3. The van der Waals surface area contributed by atoms with E-state index in [4.69, 9.17) is 5.73 Å². The van der Waals surface area contributed by atoms with Crippen molar-refractivity contribution in [2.45, 2.75) is 0 Å². The molecule has 3 rings (SSSR count). The molecule has 1 heterocycles. The Morgan fingerprint density at radius 1 is 1.05 bits per heavy atom. The lowest BCUT2D eigenvalue weighted by atomic mass is 9.79. The Morgan fingerprint density at radius 2 is 1.86 bits per heavy atom. The SMILES string of the molecule is Nc1cccc(-n2cc(-c3cccc(B(O)O)c3)nn2)c1. The standard InChI is InChI=1S/C14H13BN4O2/c16-12-5-2-6-13(8-12)19-9-14(17-18-19)10-3-1-4-11(7-10)15(20)21/h1-9,20-21H,16H2. The summed E-state index contributed by atoms with van der Waals surface area (Å²) in [7, 11) is -1.51. The summed E-state index contributed by atoms with van der Waals surface area (Å²) in [4.78, 5) is 0. The maximum Gasteiger partial charge on any atom is 0.488 e. The van der Waals surface area contributed by atoms with Crippen molar-refractivity contribution >= 4 is 18.3 Å². The normalized spacial score (nSPS) is 10.6. The molecule has 0 atom stereocenters. The molecule has 0 spiro atoms. The van der Waals surface area contributed by atoms with Crippen LogP contribution in [0.15, 0.2) is 54.7 Å². The fourth-order valence-electron chi connectivity index (χ4n) is 2.05. The molecule has 4 N–H and O–H groups in total. The molecule has 0 saturated heterocycles. The molecule has 2 aromatic carbocycles. The predicted octanol–water partition coefficient (Wildman–Crippen LogP) is 0.196. The van der Waals surface area contributed by atoms with Gasteiger partial charge in [-0.25, -0.2) is 4.68 Å². The third kappa shape index (κ3) is 2.79. The minimum absolute atomic E-state index is 0.408. The van der Waals surface area contributed by atoms with Crippen molar-refractivity contribution in [2.75, 3.05) is 5.73 Å². The zero-order chi connectivity index (χ0) is 14.8. The van der Waals surface area contributed by atoms with Gasteiger partial charge in [0.1, 0.15) is 5.69 Å². The van der Waals surface area contributed by atoms with Crippen molar-refractivity contribution in [1.82, 2.24) is 15.0 Å². The molecule has 0 bridgehead atoms. The molecule has 3 aromatic rings. The van der Waals surface area contributed by atoms with E-state index in [-0.39, 0.29) is 0 Å². The van der Waals surface area contributed by atoms with Gasteiger partial charge in [-0.05, 0) is 23.7 Å². The molecule has 0 aliphatic rings. The number of anilines is 1. The Bertz CT molecular complexity index is 773. The summed E-state index contributed by atoms with van der Waals surface area (Å²) in [5.74, 6) is 0. The van der Waals surface area contributed by atoms with Crippen LogP contribution in [0.4, 0.5) is 5.69 Å². The summed E-state index contributed by atoms with van der Waals surface area (Å²) < 4.78 is 1.62. The van der Waals surface area contributed by atoms with E-state index in [1.165, 1.54) is 0 Å². The van der Waals surface area contributed by atoms with Crippen LogP contribution in [-0.4, -0.2) is 32.2 Å². The van der Waals surface area contributed by atoms with Crippen LogP contribution in [0.3, 0.4) is 0 Å². The van der Waals surface area contributed by atoms with Crippen molar-refractivity contribution in [1.29, 1.82) is 0 Å². The number of aromatic nitrogens is 3. The Balaban J connectivity index is 1.97. The largest absolute Gasteiger partial charge is 0.488 e. The van der Waals surface area contributed by atoms with Crippen LogP contribution in [0.25, 0.3) is 16.9 Å². The molecule has 0 amide bonds. The molecular formula is C14H13BN4O2. The van der Waals surface area contributed by atoms with E-state index < -0.39 is 7.12 Å². The van der Waals surface area contributed by atoms with Crippen LogP contribution < -0.4 is 11.2 Å². The molecule has 1 aromatic heterocycles. The summed E-state index contributed by atoms with van der Waals surface area (Å²) in [6.07, 6.45) is 1.76. The van der Waals surface area contributed by atoms with Crippen molar-refractivity contribution < 1.29 is 10.0 Å². The maximum atomic E-state index is 9.21. The Hall–Kier alpha value is -2.64. The van der Waals surface area contributed by atoms with E-state index in [2.05, 4.69) is 10.3 Å². The van der Waals surface area contributed by atoms with Gasteiger partial charge < -0.3 is 15.8 Å². The van der Waals surface area contributed by atoms with Gasteiger partial charge in [-0.1, -0.05) is 35.5 Å². The smallest absolute Gasteiger partial charge is 0.423 e. The Kier molecular flexibility index (Phi) is 3.43. The monoisotopic (exact) mass is 280 g/mol. The van der Waals surface area contributed by atoms with Crippen molar-refractivity contribution in [2.24, 2.45) is 0 Å². The van der Waals surface area contributed by atoms with Crippen LogP contribution in [0, 0.1) is 0 Å². The second kappa shape index (κ2) is 5.39. The summed E-state index contributed by atoms with van der Waals surface area (Å²) in [5, 5.41) is 26.6. The molecule has 0 radical (unpaired) electrons. The lowest BCUT2D eigenvalue weighted by Crippen LogP contribution is -2.29. The highest BCUT2D eigenvalue weighted by Gasteiger charge is 2.13. The first-order valence-corrected chi connectivity index (χ1v) is 6.38. The Labute approximate surface area is 121 Å². The molecule has 0 saturated carbocycles. The molecule has 0 aliphatic carbocycles. The molecule has 7 heteroatoms. The van der Waals surface area contributed by atoms with E-state index >= 15 is 0 Å². The quantitative estimate of drug-likeness (QED) is 0.470. The molecule has 21 heavy (non-hydrogen) atoms. The minimum Gasteiger partial charge on any atom is -0.423 e. The highest BCUT2D eigenvalue weighted by atomic mass is 16.4. The number of rotatable bonds is 3. The summed E-state index contributed by atoms with van der Waals surface area (Å²) in [6, 6.07) is 14.2. The number of nitrogens with zero attached hydrogens (tertiary/aromatic N) is 3.